The molecule has 2 unspecified atom stereocenters. The summed E-state index contributed by atoms with van der Waals surface area (Å²) in [4.78, 5) is 45.5. The van der Waals surface area contributed by atoms with Crippen LogP contribution in [0.15, 0.2) is 48.7 Å². The average molecular weight is 452 g/mol. The van der Waals surface area contributed by atoms with Crippen molar-refractivity contribution >= 4 is 34.4 Å². The highest BCUT2D eigenvalue weighted by atomic mass is 32.2. The number of hydrogen-bond acceptors (Lipinski definition) is 5. The molecule has 1 aromatic heterocycles. The fourth-order valence-corrected chi connectivity index (χ4v) is 5.50. The van der Waals surface area contributed by atoms with Crippen LogP contribution < -0.4 is 10.2 Å². The van der Waals surface area contributed by atoms with Gasteiger partial charge in [-0.15, -0.1) is 0 Å². The van der Waals surface area contributed by atoms with E-state index >= 15 is 0 Å². The van der Waals surface area contributed by atoms with E-state index in [1.165, 1.54) is 18.2 Å². The molecular weight excluding hydrogens is 422 g/mol. The van der Waals surface area contributed by atoms with Crippen molar-refractivity contribution in [3.63, 3.8) is 0 Å². The third-order valence-electron chi connectivity index (χ3n) is 6.25. The van der Waals surface area contributed by atoms with Gasteiger partial charge in [0.05, 0.1) is 11.6 Å². The first-order chi connectivity index (χ1) is 15.5. The zero-order valence-electron chi connectivity index (χ0n) is 18.3. The molecule has 1 saturated carbocycles. The molecule has 4 rings (SSSR count). The molecule has 2 aromatic rings. The number of benzene rings is 1. The summed E-state index contributed by atoms with van der Waals surface area (Å²) in [6, 6.07) is 12.2. The SMILES string of the molecule is Cc1ccccc1N(C(=O)C1CSC(=O)C1)C(C(=O)NC1CCCCC1)c1ccccn1. The largest absolute Gasteiger partial charge is 0.351 e. The fraction of sp³-hybridized carbons (Fsp3) is 0.440. The van der Waals surface area contributed by atoms with E-state index in [-0.39, 0.29) is 29.4 Å². The number of nitrogens with zero attached hydrogens (tertiary/aromatic N) is 2. The lowest BCUT2D eigenvalue weighted by Gasteiger charge is -2.34. The van der Waals surface area contributed by atoms with Crippen molar-refractivity contribution in [2.45, 2.75) is 57.5 Å². The minimum absolute atomic E-state index is 0.0223. The van der Waals surface area contributed by atoms with Crippen LogP contribution in [0.1, 0.15) is 55.8 Å². The number of aromatic nitrogens is 1. The van der Waals surface area contributed by atoms with Crippen molar-refractivity contribution in [1.82, 2.24) is 10.3 Å². The maximum atomic E-state index is 13.8. The number of pyridine rings is 1. The van der Waals surface area contributed by atoms with Gasteiger partial charge in [0.1, 0.15) is 0 Å². The summed E-state index contributed by atoms with van der Waals surface area (Å²) in [5.74, 6) is -0.420. The van der Waals surface area contributed by atoms with Crippen LogP contribution in [0, 0.1) is 12.8 Å². The van der Waals surface area contributed by atoms with Crippen LogP contribution in [0.4, 0.5) is 5.69 Å². The number of hydrogen-bond donors (Lipinski definition) is 1. The molecule has 1 aromatic carbocycles. The van der Waals surface area contributed by atoms with E-state index in [9.17, 15) is 14.4 Å². The normalized spacial score (nSPS) is 20.0. The molecule has 6 nitrogen and oxygen atoms in total. The minimum Gasteiger partial charge on any atom is -0.351 e. The Morgan fingerprint density at radius 2 is 1.84 bits per heavy atom. The summed E-state index contributed by atoms with van der Waals surface area (Å²) < 4.78 is 0. The number of carbonyl (C=O) groups is 3. The summed E-state index contributed by atoms with van der Waals surface area (Å²) in [5, 5.41) is 3.22. The molecule has 1 aliphatic carbocycles. The van der Waals surface area contributed by atoms with Crippen LogP contribution in [0.3, 0.4) is 0 Å². The zero-order chi connectivity index (χ0) is 22.5. The van der Waals surface area contributed by atoms with Crippen LogP contribution in [0.25, 0.3) is 0 Å². The van der Waals surface area contributed by atoms with E-state index in [0.29, 0.717) is 17.1 Å². The van der Waals surface area contributed by atoms with E-state index in [2.05, 4.69) is 10.3 Å². The Morgan fingerprint density at radius 3 is 2.50 bits per heavy atom. The van der Waals surface area contributed by atoms with Crippen LogP contribution in [-0.4, -0.2) is 33.7 Å². The van der Waals surface area contributed by atoms with Crippen LogP contribution in [0.5, 0.6) is 0 Å². The van der Waals surface area contributed by atoms with Crippen molar-refractivity contribution in [2.24, 2.45) is 5.92 Å². The second-order valence-electron chi connectivity index (χ2n) is 8.58. The molecule has 1 N–H and O–H groups in total. The third kappa shape index (κ3) is 5.04. The molecule has 2 aliphatic rings. The van der Waals surface area contributed by atoms with Gasteiger partial charge in [-0.1, -0.05) is 55.3 Å². The van der Waals surface area contributed by atoms with Gasteiger partial charge in [-0.3, -0.25) is 24.3 Å². The Morgan fingerprint density at radius 1 is 1.09 bits per heavy atom. The lowest BCUT2D eigenvalue weighted by Crippen LogP contribution is -2.49. The van der Waals surface area contributed by atoms with E-state index in [4.69, 9.17) is 0 Å². The molecule has 2 atom stereocenters. The fourth-order valence-electron chi connectivity index (χ4n) is 4.54. The van der Waals surface area contributed by atoms with Gasteiger partial charge in [-0.05, 0) is 43.5 Å². The Hall–Kier alpha value is -2.67. The highest BCUT2D eigenvalue weighted by molar-refractivity contribution is 8.14. The smallest absolute Gasteiger partial charge is 0.249 e. The Kier molecular flexibility index (Phi) is 7.25. The number of anilines is 1. The molecule has 0 radical (unpaired) electrons. The second-order valence-corrected chi connectivity index (χ2v) is 9.66. The van der Waals surface area contributed by atoms with Crippen molar-refractivity contribution in [3.8, 4) is 0 Å². The zero-order valence-corrected chi connectivity index (χ0v) is 19.1. The molecule has 168 valence electrons. The molecule has 2 fully saturated rings. The van der Waals surface area contributed by atoms with Crippen molar-refractivity contribution in [2.75, 3.05) is 10.7 Å². The van der Waals surface area contributed by atoms with Gasteiger partial charge in [0.25, 0.3) is 0 Å². The number of amides is 2. The third-order valence-corrected chi connectivity index (χ3v) is 7.30. The molecule has 0 spiro atoms. The van der Waals surface area contributed by atoms with Gasteiger partial charge in [-0.25, -0.2) is 0 Å². The second kappa shape index (κ2) is 10.3. The molecule has 32 heavy (non-hydrogen) atoms. The van der Waals surface area contributed by atoms with Gasteiger partial charge in [0.15, 0.2) is 11.2 Å². The molecule has 0 bridgehead atoms. The van der Waals surface area contributed by atoms with Gasteiger partial charge < -0.3 is 5.32 Å². The first-order valence-electron chi connectivity index (χ1n) is 11.3. The highest BCUT2D eigenvalue weighted by Gasteiger charge is 2.40. The maximum Gasteiger partial charge on any atom is 0.249 e. The lowest BCUT2D eigenvalue weighted by molar-refractivity contribution is -0.129. The van der Waals surface area contributed by atoms with Gasteiger partial charge in [-0.2, -0.15) is 0 Å². The number of rotatable bonds is 6. The summed E-state index contributed by atoms with van der Waals surface area (Å²) in [7, 11) is 0. The van der Waals surface area contributed by atoms with Crippen molar-refractivity contribution in [3.05, 3.63) is 59.9 Å². The van der Waals surface area contributed by atoms with Crippen molar-refractivity contribution < 1.29 is 14.4 Å². The van der Waals surface area contributed by atoms with Crippen LogP contribution in [0.2, 0.25) is 0 Å². The maximum absolute atomic E-state index is 13.8. The van der Waals surface area contributed by atoms with E-state index < -0.39 is 12.0 Å². The van der Waals surface area contributed by atoms with Gasteiger partial charge >= 0.3 is 0 Å². The molecule has 7 heteroatoms. The summed E-state index contributed by atoms with van der Waals surface area (Å²) in [6.07, 6.45) is 7.13. The summed E-state index contributed by atoms with van der Waals surface area (Å²) in [5.41, 5.74) is 2.09. The molecule has 1 aliphatic heterocycles. The number of carbonyl (C=O) groups excluding carboxylic acids is 3. The Balaban J connectivity index is 1.75. The standard InChI is InChI=1S/C25H29N3O3S/c1-17-9-5-6-13-21(17)28(25(31)18-15-22(29)32-16-18)23(20-12-7-8-14-26-20)24(30)27-19-10-3-2-4-11-19/h5-9,12-14,18-19,23H,2-4,10-11,15-16H2,1H3,(H,27,30). The number of para-hydroxylation sites is 1. The van der Waals surface area contributed by atoms with Crippen LogP contribution >= 0.6 is 11.8 Å². The Labute approximate surface area is 193 Å². The molecule has 2 amide bonds. The quantitative estimate of drug-likeness (QED) is 0.712. The first kappa shape index (κ1) is 22.5. The van der Waals surface area contributed by atoms with Crippen LogP contribution in [-0.2, 0) is 14.4 Å². The number of aryl methyl sites for hydroxylation is 1. The van der Waals surface area contributed by atoms with Gasteiger partial charge in [0.2, 0.25) is 11.8 Å². The predicted octanol–water partition coefficient (Wildman–Crippen LogP) is 4.19. The topological polar surface area (TPSA) is 79.4 Å². The van der Waals surface area contributed by atoms with E-state index in [1.54, 1.807) is 23.2 Å². The minimum atomic E-state index is -0.896. The van der Waals surface area contributed by atoms with E-state index in [1.807, 2.05) is 37.3 Å². The summed E-state index contributed by atoms with van der Waals surface area (Å²) >= 11 is 1.19. The van der Waals surface area contributed by atoms with E-state index in [0.717, 1.165) is 31.2 Å². The lowest BCUT2D eigenvalue weighted by atomic mass is 9.94. The number of nitrogens with one attached hydrogen (secondary N) is 1. The Bertz CT molecular complexity index is 975. The monoisotopic (exact) mass is 451 g/mol. The van der Waals surface area contributed by atoms with Crippen molar-refractivity contribution in [1.29, 1.82) is 0 Å². The number of thioether (sulfide) groups is 1. The molecular formula is C25H29N3O3S. The highest BCUT2D eigenvalue weighted by Crippen LogP contribution is 2.35. The summed E-state index contributed by atoms with van der Waals surface area (Å²) in [6.45, 7) is 1.93. The first-order valence-corrected chi connectivity index (χ1v) is 12.3. The van der Waals surface area contributed by atoms with Gasteiger partial charge in [0, 0.05) is 30.1 Å². The molecule has 2 heterocycles. The predicted molar refractivity (Wildman–Crippen MR) is 126 cm³/mol. The molecule has 1 saturated heterocycles. The average Bonchev–Trinajstić information content (AvgIpc) is 3.25.